The maximum Gasteiger partial charge on any atom is 0.258 e. The van der Waals surface area contributed by atoms with Gasteiger partial charge >= 0.3 is 0 Å². The highest BCUT2D eigenvalue weighted by atomic mass is 19.1. The first kappa shape index (κ1) is 19.0. The molecule has 1 amide bonds. The third kappa shape index (κ3) is 3.46. The van der Waals surface area contributed by atoms with E-state index in [2.05, 4.69) is 15.3 Å². The lowest BCUT2D eigenvalue weighted by Gasteiger charge is -2.36. The predicted molar refractivity (Wildman–Crippen MR) is 106 cm³/mol. The van der Waals surface area contributed by atoms with Crippen LogP contribution in [0, 0.1) is 18.6 Å². The predicted octanol–water partition coefficient (Wildman–Crippen LogP) is 3.07. The monoisotopic (exact) mass is 398 g/mol. The molecule has 150 valence electrons. The summed E-state index contributed by atoms with van der Waals surface area (Å²) in [7, 11) is 0. The van der Waals surface area contributed by atoms with Crippen molar-refractivity contribution in [3.05, 3.63) is 69.3 Å². The number of hydrogen-bond acceptors (Lipinski definition) is 4. The number of nitrogens with zero attached hydrogens (tertiary/aromatic N) is 2. The Balaban J connectivity index is 1.52. The van der Waals surface area contributed by atoms with Crippen molar-refractivity contribution >= 4 is 22.5 Å². The molecule has 2 N–H and O–H groups in total. The number of aromatic nitrogens is 2. The van der Waals surface area contributed by atoms with Crippen LogP contribution in [0.5, 0.6) is 0 Å². The Morgan fingerprint density at radius 3 is 2.86 bits per heavy atom. The topological polar surface area (TPSA) is 78.1 Å². The van der Waals surface area contributed by atoms with Crippen LogP contribution in [0.15, 0.2) is 35.4 Å². The number of nitrogens with one attached hydrogen (secondary N) is 2. The number of rotatable bonds is 3. The second-order valence-corrected chi connectivity index (χ2v) is 7.27. The smallest absolute Gasteiger partial charge is 0.258 e. The molecule has 29 heavy (non-hydrogen) atoms. The van der Waals surface area contributed by atoms with E-state index in [4.69, 9.17) is 0 Å². The fourth-order valence-electron chi connectivity index (χ4n) is 3.93. The lowest BCUT2D eigenvalue weighted by molar-refractivity contribution is -0.131. The van der Waals surface area contributed by atoms with Crippen LogP contribution < -0.4 is 10.9 Å². The van der Waals surface area contributed by atoms with Gasteiger partial charge < -0.3 is 15.2 Å². The molecule has 1 aromatic heterocycles. The quantitative estimate of drug-likeness (QED) is 0.711. The van der Waals surface area contributed by atoms with E-state index in [1.165, 1.54) is 18.5 Å². The van der Waals surface area contributed by atoms with Crippen molar-refractivity contribution in [1.82, 2.24) is 14.9 Å². The molecule has 1 aliphatic heterocycles. The minimum absolute atomic E-state index is 0.0795. The molecule has 0 saturated carbocycles. The van der Waals surface area contributed by atoms with Crippen molar-refractivity contribution in [2.75, 3.05) is 18.4 Å². The average Bonchev–Trinajstić information content (AvgIpc) is 2.66. The van der Waals surface area contributed by atoms with Gasteiger partial charge in [-0.1, -0.05) is 6.07 Å². The standard InChI is InChI=1S/C21H20F2N4O2/c1-11-5-13-3-4-27(12(2)20(13)16(23)6-11)19(28)9-24-18-8-17-14(7-15(18)22)21(29)26-10-25-17/h5-8,10,12,24H,3-4,9H2,1-2H3,(H,25,26,29). The number of amides is 1. The number of halogens is 2. The summed E-state index contributed by atoms with van der Waals surface area (Å²) in [5, 5.41) is 2.91. The summed E-state index contributed by atoms with van der Waals surface area (Å²) in [5.41, 5.74) is 2.28. The van der Waals surface area contributed by atoms with Crippen LogP contribution in [0.3, 0.4) is 0 Å². The molecule has 1 atom stereocenters. The summed E-state index contributed by atoms with van der Waals surface area (Å²) in [6, 6.07) is 5.50. The van der Waals surface area contributed by atoms with Crippen LogP contribution in [0.2, 0.25) is 0 Å². The van der Waals surface area contributed by atoms with E-state index in [1.807, 2.05) is 13.0 Å². The fraction of sp³-hybridized carbons (Fsp3) is 0.286. The maximum absolute atomic E-state index is 14.5. The Hall–Kier alpha value is -3.29. The molecular formula is C21H20F2N4O2. The Labute approximate surface area is 165 Å². The number of carbonyl (C=O) groups excluding carboxylic acids is 1. The lowest BCUT2D eigenvalue weighted by atomic mass is 9.91. The number of benzene rings is 2. The van der Waals surface area contributed by atoms with E-state index in [1.54, 1.807) is 11.8 Å². The molecule has 2 heterocycles. The van der Waals surface area contributed by atoms with Gasteiger partial charge in [0.2, 0.25) is 5.91 Å². The van der Waals surface area contributed by atoms with Crippen molar-refractivity contribution in [1.29, 1.82) is 0 Å². The van der Waals surface area contributed by atoms with Gasteiger partial charge in [0.15, 0.2) is 0 Å². The average molecular weight is 398 g/mol. The minimum atomic E-state index is -0.651. The minimum Gasteiger partial charge on any atom is -0.374 e. The van der Waals surface area contributed by atoms with E-state index in [9.17, 15) is 18.4 Å². The van der Waals surface area contributed by atoms with Gasteiger partial charge in [0, 0.05) is 12.1 Å². The highest BCUT2D eigenvalue weighted by Gasteiger charge is 2.30. The van der Waals surface area contributed by atoms with Gasteiger partial charge in [-0.3, -0.25) is 9.59 Å². The van der Waals surface area contributed by atoms with E-state index in [0.29, 0.717) is 24.0 Å². The summed E-state index contributed by atoms with van der Waals surface area (Å²) in [4.78, 5) is 32.5. The molecule has 0 fully saturated rings. The van der Waals surface area contributed by atoms with Crippen LogP contribution in [0.1, 0.15) is 29.7 Å². The number of aryl methyl sites for hydroxylation is 1. The van der Waals surface area contributed by atoms with Crippen molar-refractivity contribution in [3.8, 4) is 0 Å². The molecule has 4 rings (SSSR count). The van der Waals surface area contributed by atoms with Crippen molar-refractivity contribution in [2.45, 2.75) is 26.3 Å². The molecule has 8 heteroatoms. The Morgan fingerprint density at radius 2 is 2.07 bits per heavy atom. The van der Waals surface area contributed by atoms with E-state index in [-0.39, 0.29) is 29.3 Å². The van der Waals surface area contributed by atoms with Crippen LogP contribution >= 0.6 is 0 Å². The third-order valence-corrected chi connectivity index (χ3v) is 5.35. The number of carbonyl (C=O) groups is 1. The largest absolute Gasteiger partial charge is 0.374 e. The number of aromatic amines is 1. The van der Waals surface area contributed by atoms with Crippen LogP contribution in [-0.4, -0.2) is 33.9 Å². The Morgan fingerprint density at radius 1 is 1.28 bits per heavy atom. The third-order valence-electron chi connectivity index (χ3n) is 5.35. The summed E-state index contributed by atoms with van der Waals surface area (Å²) < 4.78 is 28.8. The highest BCUT2D eigenvalue weighted by Crippen LogP contribution is 2.32. The molecule has 6 nitrogen and oxygen atoms in total. The van der Waals surface area contributed by atoms with Gasteiger partial charge in [-0.05, 0) is 49.6 Å². The molecule has 0 aliphatic carbocycles. The zero-order valence-electron chi connectivity index (χ0n) is 16.1. The number of fused-ring (bicyclic) bond motifs is 2. The molecule has 1 unspecified atom stereocenters. The summed E-state index contributed by atoms with van der Waals surface area (Å²) in [6.07, 6.45) is 1.81. The molecule has 1 aliphatic rings. The zero-order valence-corrected chi connectivity index (χ0v) is 16.1. The first-order valence-corrected chi connectivity index (χ1v) is 9.34. The summed E-state index contributed by atoms with van der Waals surface area (Å²) >= 11 is 0. The fourth-order valence-corrected chi connectivity index (χ4v) is 3.93. The molecule has 3 aromatic rings. The van der Waals surface area contributed by atoms with Crippen LogP contribution in [-0.2, 0) is 11.2 Å². The molecule has 2 aromatic carbocycles. The van der Waals surface area contributed by atoms with Crippen molar-refractivity contribution < 1.29 is 13.6 Å². The van der Waals surface area contributed by atoms with Gasteiger partial charge in [-0.2, -0.15) is 0 Å². The molecule has 0 saturated heterocycles. The second kappa shape index (κ2) is 7.27. The van der Waals surface area contributed by atoms with Crippen molar-refractivity contribution in [2.24, 2.45) is 0 Å². The van der Waals surface area contributed by atoms with Crippen LogP contribution in [0.25, 0.3) is 10.9 Å². The summed E-state index contributed by atoms with van der Waals surface area (Å²) in [6.45, 7) is 3.95. The van der Waals surface area contributed by atoms with Crippen LogP contribution in [0.4, 0.5) is 14.5 Å². The van der Waals surface area contributed by atoms with Gasteiger partial charge in [0.1, 0.15) is 11.6 Å². The first-order chi connectivity index (χ1) is 13.8. The van der Waals surface area contributed by atoms with Gasteiger partial charge in [0.05, 0.1) is 35.5 Å². The Bertz CT molecular complexity index is 1180. The lowest BCUT2D eigenvalue weighted by Crippen LogP contribution is -2.42. The second-order valence-electron chi connectivity index (χ2n) is 7.27. The first-order valence-electron chi connectivity index (χ1n) is 9.34. The molecule has 0 radical (unpaired) electrons. The highest BCUT2D eigenvalue weighted by molar-refractivity contribution is 5.85. The Kier molecular flexibility index (Phi) is 4.77. The number of anilines is 1. The van der Waals surface area contributed by atoms with E-state index >= 15 is 0 Å². The molecule has 0 spiro atoms. The molecule has 0 bridgehead atoms. The SMILES string of the molecule is Cc1cc(F)c2c(c1)CCN(C(=O)CNc1cc3nc[nH]c(=O)c3cc1F)C2C. The van der Waals surface area contributed by atoms with Gasteiger partial charge in [0.25, 0.3) is 5.56 Å². The number of H-pyrrole nitrogens is 1. The summed E-state index contributed by atoms with van der Waals surface area (Å²) in [5.74, 6) is -1.22. The number of hydrogen-bond donors (Lipinski definition) is 2. The van der Waals surface area contributed by atoms with Gasteiger partial charge in [-0.25, -0.2) is 13.8 Å². The zero-order chi connectivity index (χ0) is 20.7. The van der Waals surface area contributed by atoms with Crippen molar-refractivity contribution in [3.63, 3.8) is 0 Å². The molecular weight excluding hydrogens is 378 g/mol. The van der Waals surface area contributed by atoms with E-state index < -0.39 is 17.4 Å². The van der Waals surface area contributed by atoms with E-state index in [0.717, 1.165) is 17.2 Å². The maximum atomic E-state index is 14.5. The normalized spacial score (nSPS) is 16.0. The van der Waals surface area contributed by atoms with Gasteiger partial charge in [-0.15, -0.1) is 0 Å².